The minimum absolute atomic E-state index is 0.0421. The molecule has 0 radical (unpaired) electrons. The molecular formula is C21H26BrN3O2. The van der Waals surface area contributed by atoms with Gasteiger partial charge < -0.3 is 5.32 Å². The molecule has 0 saturated carbocycles. The number of allylic oxidation sites excluding steroid dienone is 3. The smallest absolute Gasteiger partial charge is 0.273 e. The number of ketones is 1. The summed E-state index contributed by atoms with van der Waals surface area (Å²) in [5.74, 6) is 0.165. The van der Waals surface area contributed by atoms with Gasteiger partial charge in [-0.2, -0.15) is 0 Å². The molecule has 0 heterocycles. The molecule has 0 fully saturated rings. The van der Waals surface area contributed by atoms with E-state index in [1.807, 2.05) is 26.8 Å². The van der Waals surface area contributed by atoms with E-state index in [0.29, 0.717) is 23.5 Å². The molecule has 0 aromatic heterocycles. The number of aliphatic imine (C=N–C) groups is 2. The molecule has 1 rings (SSSR count). The van der Waals surface area contributed by atoms with Crippen LogP contribution in [0.15, 0.2) is 50.5 Å². The van der Waals surface area contributed by atoms with Crippen LogP contribution in [0.2, 0.25) is 0 Å². The lowest BCUT2D eigenvalue weighted by Crippen LogP contribution is -2.15. The highest BCUT2D eigenvalue weighted by atomic mass is 79.9. The summed E-state index contributed by atoms with van der Waals surface area (Å²) in [7, 11) is 0. The number of nitrogens with zero attached hydrogens (tertiary/aromatic N) is 2. The van der Waals surface area contributed by atoms with Crippen molar-refractivity contribution in [2.75, 3.05) is 5.32 Å². The molecule has 27 heavy (non-hydrogen) atoms. The van der Waals surface area contributed by atoms with Gasteiger partial charge in [-0.3, -0.25) is 9.59 Å². The van der Waals surface area contributed by atoms with Crippen molar-refractivity contribution in [1.82, 2.24) is 0 Å². The number of anilines is 1. The first-order valence-electron chi connectivity index (χ1n) is 8.91. The third-order valence-electron chi connectivity index (χ3n) is 3.76. The maximum Gasteiger partial charge on any atom is 0.273 e. The van der Waals surface area contributed by atoms with Crippen molar-refractivity contribution in [2.45, 2.75) is 47.5 Å². The van der Waals surface area contributed by atoms with Crippen LogP contribution >= 0.6 is 15.9 Å². The molecule has 6 heteroatoms. The Balaban J connectivity index is 3.14. The molecule has 0 bridgehead atoms. The Morgan fingerprint density at radius 3 is 2.44 bits per heavy atom. The fraction of sp³-hybridized carbons (Fsp3) is 0.333. The van der Waals surface area contributed by atoms with E-state index in [1.54, 1.807) is 37.4 Å². The summed E-state index contributed by atoms with van der Waals surface area (Å²) in [6.07, 6.45) is 8.27. The van der Waals surface area contributed by atoms with Crippen molar-refractivity contribution >= 4 is 45.4 Å². The number of rotatable bonds is 7. The Labute approximate surface area is 169 Å². The summed E-state index contributed by atoms with van der Waals surface area (Å²) < 4.78 is 0.795. The van der Waals surface area contributed by atoms with E-state index in [2.05, 4.69) is 31.2 Å². The monoisotopic (exact) mass is 431 g/mol. The van der Waals surface area contributed by atoms with E-state index < -0.39 is 0 Å². The zero-order chi connectivity index (χ0) is 20.4. The minimum Gasteiger partial charge on any atom is -0.321 e. The number of benzene rings is 1. The van der Waals surface area contributed by atoms with Crippen LogP contribution in [-0.4, -0.2) is 23.7 Å². The van der Waals surface area contributed by atoms with Gasteiger partial charge in [0.15, 0.2) is 5.78 Å². The van der Waals surface area contributed by atoms with Crippen LogP contribution < -0.4 is 5.32 Å². The van der Waals surface area contributed by atoms with Crippen LogP contribution in [0.25, 0.3) is 0 Å². The lowest BCUT2D eigenvalue weighted by atomic mass is 10.0. The number of carbonyl (C=O) groups excluding carboxylic acids is 2. The summed E-state index contributed by atoms with van der Waals surface area (Å²) in [4.78, 5) is 33.1. The highest BCUT2D eigenvalue weighted by molar-refractivity contribution is 9.10. The molecule has 1 N–H and O–H groups in total. The summed E-state index contributed by atoms with van der Waals surface area (Å²) >= 11 is 3.49. The fourth-order valence-electron chi connectivity index (χ4n) is 2.38. The first-order valence-corrected chi connectivity index (χ1v) is 9.71. The molecule has 0 spiro atoms. The van der Waals surface area contributed by atoms with Crippen molar-refractivity contribution in [1.29, 1.82) is 0 Å². The predicted molar refractivity (Wildman–Crippen MR) is 117 cm³/mol. The molecule has 0 aliphatic rings. The van der Waals surface area contributed by atoms with Gasteiger partial charge in [0.2, 0.25) is 0 Å². The van der Waals surface area contributed by atoms with Gasteiger partial charge in [-0.15, -0.1) is 0 Å². The van der Waals surface area contributed by atoms with Gasteiger partial charge in [-0.25, -0.2) is 9.98 Å². The summed E-state index contributed by atoms with van der Waals surface area (Å²) in [5, 5.41) is 2.81. The number of hydrogen-bond donors (Lipinski definition) is 1. The highest BCUT2D eigenvalue weighted by Gasteiger charge is 2.14. The molecule has 144 valence electrons. The number of amides is 1. The Kier molecular flexibility index (Phi) is 9.58. The Hall–Kier alpha value is -2.34. The summed E-state index contributed by atoms with van der Waals surface area (Å²) in [5.41, 5.74) is 2.33. The summed E-state index contributed by atoms with van der Waals surface area (Å²) in [6.45, 7) is 9.08. The van der Waals surface area contributed by atoms with Crippen LogP contribution in [-0.2, 0) is 11.2 Å². The van der Waals surface area contributed by atoms with Crippen LogP contribution in [0.3, 0.4) is 0 Å². The number of hydrogen-bond acceptors (Lipinski definition) is 3. The molecule has 0 unspecified atom stereocenters. The number of nitrogens with one attached hydrogen (secondary N) is 1. The Bertz CT molecular complexity index is 821. The molecule has 1 aromatic carbocycles. The van der Waals surface area contributed by atoms with Gasteiger partial charge in [0.1, 0.15) is 11.5 Å². The molecule has 1 aromatic rings. The first-order chi connectivity index (χ1) is 12.9. The molecule has 0 aliphatic carbocycles. The normalized spacial score (nSPS) is 12.8. The van der Waals surface area contributed by atoms with E-state index in [9.17, 15) is 9.59 Å². The SMILES string of the molecule is C/C=C\C=NC(CC)=N/C(=C\C)C(=O)Nc1cc(Br)c(CC)c(C(C)=O)c1. The van der Waals surface area contributed by atoms with Gasteiger partial charge in [0.05, 0.1) is 0 Å². The molecular weight excluding hydrogens is 406 g/mol. The lowest BCUT2D eigenvalue weighted by molar-refractivity contribution is -0.112. The maximum atomic E-state index is 12.6. The quantitative estimate of drug-likeness (QED) is 0.267. The van der Waals surface area contributed by atoms with Crippen LogP contribution in [0, 0.1) is 0 Å². The maximum absolute atomic E-state index is 12.6. The summed E-state index contributed by atoms with van der Waals surface area (Å²) in [6, 6.07) is 3.50. The van der Waals surface area contributed by atoms with Gasteiger partial charge in [-0.1, -0.05) is 41.9 Å². The second-order valence-corrected chi connectivity index (χ2v) is 6.56. The number of amidine groups is 1. The minimum atomic E-state index is -0.352. The molecule has 5 nitrogen and oxygen atoms in total. The molecule has 1 amide bonds. The number of halogens is 1. The van der Waals surface area contributed by atoms with E-state index >= 15 is 0 Å². The van der Waals surface area contributed by atoms with Gasteiger partial charge in [0, 0.05) is 28.4 Å². The molecule has 0 saturated heterocycles. The zero-order valence-electron chi connectivity index (χ0n) is 16.5. The van der Waals surface area contributed by atoms with E-state index in [1.165, 1.54) is 6.92 Å². The van der Waals surface area contributed by atoms with Crippen molar-refractivity contribution in [3.8, 4) is 0 Å². The Morgan fingerprint density at radius 1 is 1.22 bits per heavy atom. The number of Topliss-reactive ketones (excluding diaryl/α,β-unsaturated/α-hetero) is 1. The highest BCUT2D eigenvalue weighted by Crippen LogP contribution is 2.27. The largest absolute Gasteiger partial charge is 0.321 e. The molecule has 0 atom stereocenters. The number of carbonyl (C=O) groups is 2. The van der Waals surface area contributed by atoms with Crippen molar-refractivity contribution in [2.24, 2.45) is 9.98 Å². The fourth-order valence-corrected chi connectivity index (χ4v) is 3.12. The van der Waals surface area contributed by atoms with E-state index in [0.717, 1.165) is 16.5 Å². The zero-order valence-corrected chi connectivity index (χ0v) is 18.1. The van der Waals surface area contributed by atoms with Crippen LogP contribution in [0.5, 0.6) is 0 Å². The third kappa shape index (κ3) is 6.71. The van der Waals surface area contributed by atoms with Gasteiger partial charge in [-0.05, 0) is 51.0 Å². The Morgan fingerprint density at radius 2 is 1.93 bits per heavy atom. The average Bonchev–Trinajstić information content (AvgIpc) is 2.63. The molecule has 0 aliphatic heterocycles. The third-order valence-corrected chi connectivity index (χ3v) is 4.47. The average molecular weight is 432 g/mol. The van der Waals surface area contributed by atoms with Crippen molar-refractivity contribution < 1.29 is 9.59 Å². The lowest BCUT2D eigenvalue weighted by Gasteiger charge is -2.12. The van der Waals surface area contributed by atoms with Crippen molar-refractivity contribution in [3.05, 3.63) is 51.7 Å². The van der Waals surface area contributed by atoms with E-state index in [-0.39, 0.29) is 17.4 Å². The topological polar surface area (TPSA) is 70.9 Å². The van der Waals surface area contributed by atoms with Gasteiger partial charge in [0.25, 0.3) is 5.91 Å². The van der Waals surface area contributed by atoms with Crippen molar-refractivity contribution in [3.63, 3.8) is 0 Å². The van der Waals surface area contributed by atoms with Gasteiger partial charge >= 0.3 is 0 Å². The standard InChI is InChI=1S/C21H26BrN3O2/c1-6-10-11-23-20(9-4)25-19(8-3)21(27)24-15-12-17(14(5)26)16(7-2)18(22)13-15/h6,8,10-13H,7,9H2,1-5H3,(H,24,27)/b10-6-,19-8-,23-11?,25-20?. The second-order valence-electron chi connectivity index (χ2n) is 5.71. The second kappa shape index (κ2) is 11.4. The van der Waals surface area contributed by atoms with Crippen LogP contribution in [0.4, 0.5) is 5.69 Å². The van der Waals surface area contributed by atoms with E-state index in [4.69, 9.17) is 0 Å². The first kappa shape index (κ1) is 22.7. The van der Waals surface area contributed by atoms with Crippen LogP contribution in [0.1, 0.15) is 57.0 Å². The predicted octanol–water partition coefficient (Wildman–Crippen LogP) is 5.51.